The van der Waals surface area contributed by atoms with Crippen molar-refractivity contribution in [2.24, 2.45) is 0 Å². The Labute approximate surface area is 182 Å². The van der Waals surface area contributed by atoms with Crippen LogP contribution in [0.4, 0.5) is 0 Å². The highest BCUT2D eigenvalue weighted by atomic mass is 35.5. The summed E-state index contributed by atoms with van der Waals surface area (Å²) in [6, 6.07) is 16.7. The Hall–Kier alpha value is -3.96. The maximum absolute atomic E-state index is 13.2. The number of hydrogen-bond acceptors (Lipinski definition) is 3. The molecular weight excluding hydrogens is 410 g/mol. The molecule has 0 saturated heterocycles. The zero-order valence-corrected chi connectivity index (χ0v) is 17.2. The number of rotatable bonds is 5. The molecule has 0 fully saturated rings. The molecule has 31 heavy (non-hydrogen) atoms. The van der Waals surface area contributed by atoms with Gasteiger partial charge in [-0.25, -0.2) is 4.98 Å². The van der Waals surface area contributed by atoms with Crippen molar-refractivity contribution in [3.63, 3.8) is 0 Å². The molecule has 2 aromatic heterocycles. The maximum atomic E-state index is 13.2. The Morgan fingerprint density at radius 2 is 1.74 bits per heavy atom. The highest BCUT2D eigenvalue weighted by Gasteiger charge is 2.18. The van der Waals surface area contributed by atoms with E-state index in [2.05, 4.69) is 28.1 Å². The highest BCUT2D eigenvalue weighted by molar-refractivity contribution is 6.33. The second-order valence-corrected chi connectivity index (χ2v) is 7.38. The lowest BCUT2D eigenvalue weighted by Gasteiger charge is -2.09. The van der Waals surface area contributed by atoms with Gasteiger partial charge < -0.3 is 9.97 Å². The van der Waals surface area contributed by atoms with Gasteiger partial charge in [0.05, 0.1) is 16.6 Å². The van der Waals surface area contributed by atoms with E-state index in [-0.39, 0.29) is 10.6 Å². The number of halogens is 1. The van der Waals surface area contributed by atoms with E-state index in [4.69, 9.17) is 11.6 Å². The summed E-state index contributed by atoms with van der Waals surface area (Å²) in [5.74, 6) is 0.0531. The molecule has 5 nitrogen and oxygen atoms in total. The number of para-hydroxylation sites is 2. The van der Waals surface area contributed by atoms with Crippen LogP contribution in [0.1, 0.15) is 16.2 Å². The topological polar surface area (TPSA) is 78.6 Å². The van der Waals surface area contributed by atoms with Gasteiger partial charge in [-0.15, -0.1) is 0 Å². The largest absolute Gasteiger partial charge is 0.338 e. The van der Waals surface area contributed by atoms with Crippen molar-refractivity contribution in [1.82, 2.24) is 15.0 Å². The van der Waals surface area contributed by atoms with Gasteiger partial charge >= 0.3 is 0 Å². The average molecular weight is 428 g/mol. The van der Waals surface area contributed by atoms with Crippen LogP contribution in [0.5, 0.6) is 0 Å². The van der Waals surface area contributed by atoms with Gasteiger partial charge in [-0.1, -0.05) is 67.2 Å². The van der Waals surface area contributed by atoms with Crippen molar-refractivity contribution in [2.75, 3.05) is 0 Å². The Bertz CT molecular complexity index is 1480. The molecule has 152 valence electrons. The molecule has 0 aliphatic rings. The van der Waals surface area contributed by atoms with Gasteiger partial charge in [0.25, 0.3) is 5.56 Å². The zero-order valence-electron chi connectivity index (χ0n) is 16.5. The first-order valence-corrected chi connectivity index (χ1v) is 9.86. The van der Waals surface area contributed by atoms with Crippen LogP contribution in [0.3, 0.4) is 0 Å². The molecule has 0 atom stereocenters. The number of aromatic amines is 2. The van der Waals surface area contributed by atoms with E-state index in [9.17, 15) is 9.59 Å². The van der Waals surface area contributed by atoms with E-state index in [0.29, 0.717) is 27.5 Å². The van der Waals surface area contributed by atoms with Crippen LogP contribution in [-0.4, -0.2) is 20.7 Å². The minimum Gasteiger partial charge on any atom is -0.338 e. The number of aromatic nitrogens is 3. The minimum absolute atomic E-state index is 0.00451. The van der Waals surface area contributed by atoms with E-state index in [0.717, 1.165) is 11.0 Å². The minimum atomic E-state index is -0.527. The van der Waals surface area contributed by atoms with Crippen LogP contribution in [0, 0.1) is 0 Å². The summed E-state index contributed by atoms with van der Waals surface area (Å²) in [6.45, 7) is 7.61. The van der Waals surface area contributed by atoms with Gasteiger partial charge in [0, 0.05) is 21.2 Å². The second-order valence-electron chi connectivity index (χ2n) is 6.89. The number of carbonyl (C=O) groups is 1. The number of fused-ring (bicyclic) bond motifs is 1. The van der Waals surface area contributed by atoms with Crippen molar-refractivity contribution >= 4 is 47.1 Å². The van der Waals surface area contributed by atoms with Crippen LogP contribution < -0.4 is 16.1 Å². The zero-order chi connectivity index (χ0) is 22.0. The number of pyridine rings is 1. The van der Waals surface area contributed by atoms with E-state index in [1.807, 2.05) is 54.6 Å². The summed E-state index contributed by atoms with van der Waals surface area (Å²) in [5, 5.41) is 1.14. The van der Waals surface area contributed by atoms with Crippen LogP contribution >= 0.6 is 11.6 Å². The lowest BCUT2D eigenvalue weighted by Crippen LogP contribution is -2.38. The summed E-state index contributed by atoms with van der Waals surface area (Å²) >= 11 is 6.01. The molecule has 0 radical (unpaired) electrons. The summed E-state index contributed by atoms with van der Waals surface area (Å²) in [4.78, 5) is 36.2. The van der Waals surface area contributed by atoms with E-state index < -0.39 is 11.3 Å². The van der Waals surface area contributed by atoms with Crippen molar-refractivity contribution in [2.45, 2.75) is 0 Å². The van der Waals surface area contributed by atoms with Crippen molar-refractivity contribution in [1.29, 1.82) is 0 Å². The molecule has 4 aromatic rings. The van der Waals surface area contributed by atoms with Gasteiger partial charge in [-0.05, 0) is 35.9 Å². The molecule has 0 amide bonds. The third-order valence-corrected chi connectivity index (χ3v) is 4.86. The third-order valence-electron chi connectivity index (χ3n) is 4.75. The van der Waals surface area contributed by atoms with Crippen molar-refractivity contribution in [3.8, 4) is 11.1 Å². The molecule has 4 rings (SSSR count). The molecule has 0 spiro atoms. The molecular formula is C25H18ClN3O2. The lowest BCUT2D eigenvalue weighted by atomic mass is 9.95. The monoisotopic (exact) mass is 427 g/mol. The Morgan fingerprint density at radius 1 is 1.03 bits per heavy atom. The van der Waals surface area contributed by atoms with Crippen LogP contribution in [0.2, 0.25) is 0 Å². The molecule has 2 aromatic carbocycles. The van der Waals surface area contributed by atoms with Crippen LogP contribution in [0.25, 0.3) is 40.9 Å². The number of carbonyl (C=O) groups excluding carboxylic acids is 1. The van der Waals surface area contributed by atoms with Gasteiger partial charge in [-0.3, -0.25) is 9.59 Å². The number of hydrogen-bond donors (Lipinski definition) is 2. The summed E-state index contributed by atoms with van der Waals surface area (Å²) in [5.41, 5.74) is 2.27. The van der Waals surface area contributed by atoms with Gasteiger partial charge in [-0.2, -0.15) is 0 Å². The Kier molecular flexibility index (Phi) is 5.52. The number of nitrogens with zero attached hydrogens (tertiary/aromatic N) is 1. The lowest BCUT2D eigenvalue weighted by molar-refractivity contribution is 0.104. The fourth-order valence-corrected chi connectivity index (χ4v) is 3.52. The van der Waals surface area contributed by atoms with E-state index in [1.165, 1.54) is 6.08 Å². The van der Waals surface area contributed by atoms with Gasteiger partial charge in [0.15, 0.2) is 5.78 Å². The first kappa shape index (κ1) is 20.3. The molecule has 0 unspecified atom stereocenters. The van der Waals surface area contributed by atoms with Crippen LogP contribution in [0.15, 0.2) is 77.1 Å². The Balaban J connectivity index is 1.89. The second kappa shape index (κ2) is 8.42. The molecule has 0 aliphatic carbocycles. The van der Waals surface area contributed by atoms with Crippen molar-refractivity contribution < 1.29 is 4.79 Å². The number of H-pyrrole nitrogens is 2. The van der Waals surface area contributed by atoms with E-state index >= 15 is 0 Å². The standard InChI is InChI=1S/C25H18ClN3O2/c1-15(26)14-18-16(2)27-25(31)24(23(18)17-8-4-3-5-9-17)21(30)12-13-22-28-19-10-6-7-11-20(19)29-22/h3-14H,1-2H2,(H,27,31)(H,28,29)/b13-12+,18-14+. The summed E-state index contributed by atoms with van der Waals surface area (Å²) in [7, 11) is 0. The highest BCUT2D eigenvalue weighted by Crippen LogP contribution is 2.19. The van der Waals surface area contributed by atoms with Gasteiger partial charge in [0.2, 0.25) is 0 Å². The SMILES string of the molecule is C=C(Cl)/C=c1/c(-c2ccccc2)c(C(=O)/C=C/c2nc3ccccc3[nH]2)c(=O)[nH]c1=C. The van der Waals surface area contributed by atoms with Gasteiger partial charge in [0.1, 0.15) is 5.82 Å². The number of imidazole rings is 1. The molecule has 6 heteroatoms. The summed E-state index contributed by atoms with van der Waals surface area (Å²) in [6.07, 6.45) is 4.47. The number of ketones is 1. The quantitative estimate of drug-likeness (QED) is 0.376. The maximum Gasteiger partial charge on any atom is 0.260 e. The normalized spacial score (nSPS) is 12.0. The predicted octanol–water partition coefficient (Wildman–Crippen LogP) is 3.76. The Morgan fingerprint density at radius 3 is 2.45 bits per heavy atom. The predicted molar refractivity (Wildman–Crippen MR) is 126 cm³/mol. The first-order chi connectivity index (χ1) is 14.9. The molecule has 0 saturated carbocycles. The number of nitrogens with one attached hydrogen (secondary N) is 2. The average Bonchev–Trinajstić information content (AvgIpc) is 3.17. The number of benzene rings is 2. The third kappa shape index (κ3) is 4.17. The molecule has 2 heterocycles. The summed E-state index contributed by atoms with van der Waals surface area (Å²) < 4.78 is 0. The fraction of sp³-hybridized carbons (Fsp3) is 0. The smallest absolute Gasteiger partial charge is 0.260 e. The molecule has 0 bridgehead atoms. The molecule has 0 aliphatic heterocycles. The van der Waals surface area contributed by atoms with Crippen LogP contribution in [-0.2, 0) is 0 Å². The number of allylic oxidation sites excluding steroid dienone is 2. The molecule has 2 N–H and O–H groups in total. The van der Waals surface area contributed by atoms with E-state index in [1.54, 1.807) is 12.2 Å². The fourth-order valence-electron chi connectivity index (χ4n) is 3.41. The first-order valence-electron chi connectivity index (χ1n) is 9.48. The van der Waals surface area contributed by atoms with Crippen molar-refractivity contribution in [3.05, 3.63) is 105 Å².